The lowest BCUT2D eigenvalue weighted by Crippen LogP contribution is -1.91. The van der Waals surface area contributed by atoms with Gasteiger partial charge in [-0.05, 0) is 23.8 Å². The van der Waals surface area contributed by atoms with Gasteiger partial charge < -0.3 is 10.3 Å². The van der Waals surface area contributed by atoms with E-state index in [9.17, 15) is 8.78 Å². The smallest absolute Gasteiger partial charge is 0.230 e. The Hall–Kier alpha value is -2.76. The standard InChI is InChI=1S/C14H9F2N3O/c15-9-3-1-2-8(6-9)12-13(19-20-14(12)17)10-4-5-18-7-11(10)16/h1-7H,17H2. The van der Waals surface area contributed by atoms with Crippen molar-refractivity contribution in [3.05, 3.63) is 54.4 Å². The number of hydrogen-bond donors (Lipinski definition) is 1. The fraction of sp³-hybridized carbons (Fsp3) is 0. The monoisotopic (exact) mass is 273 g/mol. The SMILES string of the molecule is Nc1onc(-c2ccncc2F)c1-c1cccc(F)c1. The molecule has 2 aromatic heterocycles. The van der Waals surface area contributed by atoms with Gasteiger partial charge in [-0.25, -0.2) is 8.78 Å². The van der Waals surface area contributed by atoms with Gasteiger partial charge in [-0.2, -0.15) is 0 Å². The predicted octanol–water partition coefficient (Wildman–Crippen LogP) is 3.26. The van der Waals surface area contributed by atoms with Crippen LogP contribution in [0.4, 0.5) is 14.7 Å². The van der Waals surface area contributed by atoms with E-state index in [1.54, 1.807) is 6.07 Å². The molecule has 0 atom stereocenters. The zero-order chi connectivity index (χ0) is 14.1. The number of aromatic nitrogens is 2. The summed E-state index contributed by atoms with van der Waals surface area (Å²) >= 11 is 0. The van der Waals surface area contributed by atoms with Gasteiger partial charge in [0.2, 0.25) is 5.88 Å². The van der Waals surface area contributed by atoms with E-state index in [2.05, 4.69) is 10.1 Å². The number of benzene rings is 1. The topological polar surface area (TPSA) is 64.9 Å². The number of hydrogen-bond acceptors (Lipinski definition) is 4. The number of nitrogens with zero attached hydrogens (tertiary/aromatic N) is 2. The molecule has 3 aromatic rings. The molecule has 20 heavy (non-hydrogen) atoms. The molecule has 0 fully saturated rings. The third kappa shape index (κ3) is 2.01. The Morgan fingerprint density at radius 3 is 2.75 bits per heavy atom. The summed E-state index contributed by atoms with van der Waals surface area (Å²) < 4.78 is 32.0. The van der Waals surface area contributed by atoms with Crippen LogP contribution in [0.2, 0.25) is 0 Å². The molecule has 0 unspecified atom stereocenters. The third-order valence-corrected chi connectivity index (χ3v) is 2.86. The summed E-state index contributed by atoms with van der Waals surface area (Å²) in [5.41, 5.74) is 6.95. The minimum atomic E-state index is -0.557. The van der Waals surface area contributed by atoms with Crippen molar-refractivity contribution in [2.45, 2.75) is 0 Å². The second-order valence-electron chi connectivity index (χ2n) is 4.14. The van der Waals surface area contributed by atoms with Crippen molar-refractivity contribution in [2.24, 2.45) is 0 Å². The van der Waals surface area contributed by atoms with Crippen LogP contribution < -0.4 is 5.73 Å². The molecule has 0 spiro atoms. The average Bonchev–Trinajstić information content (AvgIpc) is 2.81. The molecule has 0 aliphatic carbocycles. The Kier molecular flexibility index (Phi) is 2.90. The first kappa shape index (κ1) is 12.3. The van der Waals surface area contributed by atoms with E-state index in [0.29, 0.717) is 11.1 Å². The second kappa shape index (κ2) is 4.73. The first-order valence-corrected chi connectivity index (χ1v) is 5.78. The molecule has 1 aromatic carbocycles. The predicted molar refractivity (Wildman–Crippen MR) is 69.5 cm³/mol. The van der Waals surface area contributed by atoms with Gasteiger partial charge in [0.25, 0.3) is 0 Å². The molecule has 2 heterocycles. The van der Waals surface area contributed by atoms with Crippen molar-refractivity contribution in [1.29, 1.82) is 0 Å². The molecular weight excluding hydrogens is 264 g/mol. The number of anilines is 1. The van der Waals surface area contributed by atoms with Crippen molar-refractivity contribution in [3.63, 3.8) is 0 Å². The summed E-state index contributed by atoms with van der Waals surface area (Å²) in [6, 6.07) is 7.22. The Labute approximate surface area is 112 Å². The van der Waals surface area contributed by atoms with Crippen LogP contribution in [0.15, 0.2) is 47.2 Å². The van der Waals surface area contributed by atoms with E-state index < -0.39 is 11.6 Å². The first-order chi connectivity index (χ1) is 9.66. The minimum Gasteiger partial charge on any atom is -0.367 e. The van der Waals surface area contributed by atoms with Gasteiger partial charge in [0.05, 0.1) is 11.8 Å². The van der Waals surface area contributed by atoms with Crippen LogP contribution in [0.5, 0.6) is 0 Å². The molecule has 3 rings (SSSR count). The van der Waals surface area contributed by atoms with E-state index >= 15 is 0 Å². The lowest BCUT2D eigenvalue weighted by atomic mass is 10.0. The van der Waals surface area contributed by atoms with Crippen LogP contribution in [0, 0.1) is 11.6 Å². The highest BCUT2D eigenvalue weighted by Gasteiger charge is 2.20. The van der Waals surface area contributed by atoms with Crippen LogP contribution in [0.25, 0.3) is 22.4 Å². The molecule has 4 nitrogen and oxygen atoms in total. The highest BCUT2D eigenvalue weighted by molar-refractivity contribution is 5.86. The largest absolute Gasteiger partial charge is 0.367 e. The summed E-state index contributed by atoms with van der Waals surface area (Å²) in [6.45, 7) is 0. The van der Waals surface area contributed by atoms with Crippen molar-refractivity contribution in [3.8, 4) is 22.4 Å². The quantitative estimate of drug-likeness (QED) is 0.778. The number of pyridine rings is 1. The van der Waals surface area contributed by atoms with Crippen LogP contribution in [-0.2, 0) is 0 Å². The maximum Gasteiger partial charge on any atom is 0.230 e. The lowest BCUT2D eigenvalue weighted by molar-refractivity contribution is 0.439. The Morgan fingerprint density at radius 2 is 2.00 bits per heavy atom. The van der Waals surface area contributed by atoms with E-state index in [-0.39, 0.29) is 17.1 Å². The highest BCUT2D eigenvalue weighted by atomic mass is 19.1. The molecule has 0 aliphatic heterocycles. The van der Waals surface area contributed by atoms with Crippen LogP contribution >= 0.6 is 0 Å². The maximum absolute atomic E-state index is 13.8. The van der Waals surface area contributed by atoms with Gasteiger partial charge in [0.1, 0.15) is 11.5 Å². The molecular formula is C14H9F2N3O. The third-order valence-electron chi connectivity index (χ3n) is 2.86. The molecule has 2 N–H and O–H groups in total. The zero-order valence-corrected chi connectivity index (χ0v) is 10.2. The number of nitrogens with two attached hydrogens (primary N) is 1. The lowest BCUT2D eigenvalue weighted by Gasteiger charge is -2.03. The molecule has 0 bridgehead atoms. The van der Waals surface area contributed by atoms with Crippen molar-refractivity contribution < 1.29 is 13.3 Å². The fourth-order valence-electron chi connectivity index (χ4n) is 1.98. The Bertz CT molecular complexity index is 771. The summed E-state index contributed by atoms with van der Waals surface area (Å²) in [5.74, 6) is -0.982. The number of halogens is 2. The summed E-state index contributed by atoms with van der Waals surface area (Å²) in [4.78, 5) is 3.67. The Balaban J connectivity index is 2.23. The van der Waals surface area contributed by atoms with Gasteiger partial charge in [-0.1, -0.05) is 17.3 Å². The molecule has 0 saturated heterocycles. The Morgan fingerprint density at radius 1 is 1.15 bits per heavy atom. The molecule has 0 saturated carbocycles. The highest BCUT2D eigenvalue weighted by Crippen LogP contribution is 2.36. The summed E-state index contributed by atoms with van der Waals surface area (Å²) in [6.07, 6.45) is 2.49. The van der Waals surface area contributed by atoms with Gasteiger partial charge in [0.15, 0.2) is 5.82 Å². The van der Waals surface area contributed by atoms with Gasteiger partial charge in [-0.15, -0.1) is 0 Å². The number of rotatable bonds is 2. The normalized spacial score (nSPS) is 10.7. The zero-order valence-electron chi connectivity index (χ0n) is 10.2. The maximum atomic E-state index is 13.8. The van der Waals surface area contributed by atoms with Crippen molar-refractivity contribution in [1.82, 2.24) is 10.1 Å². The van der Waals surface area contributed by atoms with Gasteiger partial charge in [-0.3, -0.25) is 4.98 Å². The summed E-state index contributed by atoms with van der Waals surface area (Å²) in [7, 11) is 0. The molecule has 100 valence electrons. The van der Waals surface area contributed by atoms with E-state index in [4.69, 9.17) is 10.3 Å². The van der Waals surface area contributed by atoms with Crippen LogP contribution in [0.1, 0.15) is 0 Å². The number of nitrogen functional groups attached to an aromatic ring is 1. The first-order valence-electron chi connectivity index (χ1n) is 5.78. The molecule has 0 amide bonds. The molecule has 6 heteroatoms. The van der Waals surface area contributed by atoms with Crippen molar-refractivity contribution >= 4 is 5.88 Å². The van der Waals surface area contributed by atoms with Crippen LogP contribution in [0.3, 0.4) is 0 Å². The van der Waals surface area contributed by atoms with E-state index in [1.807, 2.05) is 0 Å². The molecule has 0 radical (unpaired) electrons. The van der Waals surface area contributed by atoms with Crippen molar-refractivity contribution in [2.75, 3.05) is 5.73 Å². The van der Waals surface area contributed by atoms with Gasteiger partial charge in [0, 0.05) is 11.8 Å². The second-order valence-corrected chi connectivity index (χ2v) is 4.14. The minimum absolute atomic E-state index is 0.00168. The fourth-order valence-corrected chi connectivity index (χ4v) is 1.98. The van der Waals surface area contributed by atoms with E-state index in [0.717, 1.165) is 6.20 Å². The average molecular weight is 273 g/mol. The van der Waals surface area contributed by atoms with Gasteiger partial charge >= 0.3 is 0 Å². The molecule has 0 aliphatic rings. The van der Waals surface area contributed by atoms with Crippen LogP contribution in [-0.4, -0.2) is 10.1 Å². The van der Waals surface area contributed by atoms with E-state index in [1.165, 1.54) is 30.5 Å². The summed E-state index contributed by atoms with van der Waals surface area (Å²) in [5, 5.41) is 3.76.